The van der Waals surface area contributed by atoms with Crippen LogP contribution in [-0.2, 0) is 0 Å². The van der Waals surface area contributed by atoms with E-state index in [0.717, 1.165) is 11.5 Å². The van der Waals surface area contributed by atoms with Crippen LogP contribution in [0.25, 0.3) is 10.8 Å². The molecule has 0 spiro atoms. The monoisotopic (exact) mass is 278 g/mol. The molecule has 2 nitrogen and oxygen atoms in total. The van der Waals surface area contributed by atoms with Crippen LogP contribution in [0.5, 0.6) is 11.5 Å². The van der Waals surface area contributed by atoms with E-state index in [1.807, 2.05) is 42.5 Å². The fourth-order valence-electron chi connectivity index (χ4n) is 2.21. The summed E-state index contributed by atoms with van der Waals surface area (Å²) in [6.07, 6.45) is 0. The van der Waals surface area contributed by atoms with Gasteiger partial charge in [0.05, 0.1) is 0 Å². The Hall–Kier alpha value is -2.48. The van der Waals surface area contributed by atoms with E-state index in [-0.39, 0.29) is 0 Å². The van der Waals surface area contributed by atoms with Gasteiger partial charge in [0.1, 0.15) is 24.7 Å². The largest absolute Gasteiger partial charge is 0.490 e. The number of rotatable bonds is 5. The number of aryl methyl sites for hydroxylation is 1. The average molecular weight is 278 g/mol. The number of hydrogen-bond acceptors (Lipinski definition) is 2. The van der Waals surface area contributed by atoms with E-state index in [9.17, 15) is 0 Å². The first kappa shape index (κ1) is 13.5. The molecule has 0 saturated heterocycles. The lowest BCUT2D eigenvalue weighted by Crippen LogP contribution is -2.08. The summed E-state index contributed by atoms with van der Waals surface area (Å²) in [4.78, 5) is 0. The van der Waals surface area contributed by atoms with Gasteiger partial charge < -0.3 is 9.47 Å². The van der Waals surface area contributed by atoms with Crippen molar-refractivity contribution in [3.05, 3.63) is 72.3 Å². The highest BCUT2D eigenvalue weighted by molar-refractivity contribution is 5.83. The Labute approximate surface area is 124 Å². The molecule has 0 N–H and O–H groups in total. The first-order valence-corrected chi connectivity index (χ1v) is 7.12. The molecule has 0 aromatic heterocycles. The van der Waals surface area contributed by atoms with Crippen molar-refractivity contribution in [3.63, 3.8) is 0 Å². The Bertz CT molecular complexity index is 717. The van der Waals surface area contributed by atoms with Crippen LogP contribution in [0.1, 0.15) is 5.56 Å². The molecular weight excluding hydrogens is 260 g/mol. The summed E-state index contributed by atoms with van der Waals surface area (Å²) in [7, 11) is 0. The van der Waals surface area contributed by atoms with Crippen molar-refractivity contribution in [1.82, 2.24) is 0 Å². The van der Waals surface area contributed by atoms with Crippen LogP contribution >= 0.6 is 0 Å². The van der Waals surface area contributed by atoms with Gasteiger partial charge in [0, 0.05) is 0 Å². The van der Waals surface area contributed by atoms with Crippen LogP contribution in [-0.4, -0.2) is 13.2 Å². The van der Waals surface area contributed by atoms with E-state index < -0.39 is 0 Å². The number of ether oxygens (including phenoxy) is 2. The second-order valence-corrected chi connectivity index (χ2v) is 5.02. The van der Waals surface area contributed by atoms with Crippen molar-refractivity contribution in [2.45, 2.75) is 6.92 Å². The van der Waals surface area contributed by atoms with Crippen molar-refractivity contribution >= 4 is 10.8 Å². The molecule has 0 atom stereocenters. The van der Waals surface area contributed by atoms with E-state index in [2.05, 4.69) is 31.2 Å². The van der Waals surface area contributed by atoms with Crippen LogP contribution in [0.4, 0.5) is 0 Å². The zero-order valence-electron chi connectivity index (χ0n) is 12.1. The standard InChI is InChI=1S/C19H18O2/c1-15-6-9-18(10-7-15)20-12-13-21-19-11-8-16-4-2-3-5-17(16)14-19/h2-11,14H,12-13H2,1H3. The summed E-state index contributed by atoms with van der Waals surface area (Å²) in [5.41, 5.74) is 1.23. The average Bonchev–Trinajstić information content (AvgIpc) is 2.53. The molecular formula is C19H18O2. The van der Waals surface area contributed by atoms with Crippen molar-refractivity contribution in [3.8, 4) is 11.5 Å². The molecule has 0 fully saturated rings. The van der Waals surface area contributed by atoms with Crippen molar-refractivity contribution in [2.24, 2.45) is 0 Å². The molecule has 0 aliphatic carbocycles. The van der Waals surface area contributed by atoms with Gasteiger partial charge in [0.25, 0.3) is 0 Å². The minimum Gasteiger partial charge on any atom is -0.490 e. The van der Waals surface area contributed by atoms with Crippen molar-refractivity contribution < 1.29 is 9.47 Å². The summed E-state index contributed by atoms with van der Waals surface area (Å²) in [5.74, 6) is 1.75. The maximum Gasteiger partial charge on any atom is 0.122 e. The SMILES string of the molecule is Cc1ccc(OCCOc2ccc3ccccc3c2)cc1. The highest BCUT2D eigenvalue weighted by atomic mass is 16.5. The molecule has 3 aromatic rings. The molecule has 3 aromatic carbocycles. The van der Waals surface area contributed by atoms with Crippen LogP contribution in [0.3, 0.4) is 0 Å². The predicted octanol–water partition coefficient (Wildman–Crippen LogP) is 4.61. The first-order valence-electron chi connectivity index (χ1n) is 7.12. The molecule has 0 aliphatic heterocycles. The number of fused-ring (bicyclic) bond motifs is 1. The first-order chi connectivity index (χ1) is 10.3. The molecule has 0 unspecified atom stereocenters. The van der Waals surface area contributed by atoms with E-state index in [1.165, 1.54) is 16.3 Å². The third-order valence-corrected chi connectivity index (χ3v) is 3.36. The van der Waals surface area contributed by atoms with Crippen LogP contribution < -0.4 is 9.47 Å². The van der Waals surface area contributed by atoms with E-state index in [4.69, 9.17) is 9.47 Å². The molecule has 0 amide bonds. The smallest absolute Gasteiger partial charge is 0.122 e. The third-order valence-electron chi connectivity index (χ3n) is 3.36. The Morgan fingerprint density at radius 2 is 1.29 bits per heavy atom. The zero-order valence-corrected chi connectivity index (χ0v) is 12.1. The molecule has 0 heterocycles. The molecule has 0 bridgehead atoms. The third kappa shape index (κ3) is 3.54. The number of hydrogen-bond donors (Lipinski definition) is 0. The highest BCUT2D eigenvalue weighted by Crippen LogP contribution is 2.20. The van der Waals surface area contributed by atoms with Gasteiger partial charge in [0.15, 0.2) is 0 Å². The van der Waals surface area contributed by atoms with Crippen molar-refractivity contribution in [2.75, 3.05) is 13.2 Å². The zero-order chi connectivity index (χ0) is 14.5. The van der Waals surface area contributed by atoms with E-state index in [1.54, 1.807) is 0 Å². The molecule has 2 heteroatoms. The maximum absolute atomic E-state index is 5.73. The summed E-state index contributed by atoms with van der Waals surface area (Å²) in [6, 6.07) is 22.4. The Morgan fingerprint density at radius 1 is 0.667 bits per heavy atom. The van der Waals surface area contributed by atoms with Gasteiger partial charge in [-0.2, -0.15) is 0 Å². The molecule has 0 saturated carbocycles. The molecule has 0 aliphatic rings. The maximum atomic E-state index is 5.73. The van der Waals surface area contributed by atoms with Gasteiger partial charge in [0.2, 0.25) is 0 Å². The van der Waals surface area contributed by atoms with Gasteiger partial charge in [-0.15, -0.1) is 0 Å². The van der Waals surface area contributed by atoms with Crippen molar-refractivity contribution in [1.29, 1.82) is 0 Å². The number of benzene rings is 3. The summed E-state index contributed by atoms with van der Waals surface area (Å²) in [5, 5.41) is 2.41. The second kappa shape index (κ2) is 6.31. The lowest BCUT2D eigenvalue weighted by molar-refractivity contribution is 0.217. The second-order valence-electron chi connectivity index (χ2n) is 5.02. The summed E-state index contributed by atoms with van der Waals surface area (Å²) in [6.45, 7) is 3.13. The topological polar surface area (TPSA) is 18.5 Å². The predicted molar refractivity (Wildman–Crippen MR) is 86.1 cm³/mol. The Balaban J connectivity index is 1.53. The normalized spacial score (nSPS) is 10.5. The molecule has 0 radical (unpaired) electrons. The minimum atomic E-state index is 0.534. The van der Waals surface area contributed by atoms with E-state index >= 15 is 0 Å². The van der Waals surface area contributed by atoms with Gasteiger partial charge >= 0.3 is 0 Å². The summed E-state index contributed by atoms with van der Waals surface area (Å²) >= 11 is 0. The van der Waals surface area contributed by atoms with Crippen LogP contribution in [0.15, 0.2) is 66.7 Å². The quantitative estimate of drug-likeness (QED) is 0.635. The van der Waals surface area contributed by atoms with E-state index in [0.29, 0.717) is 13.2 Å². The molecule has 3 rings (SSSR count). The van der Waals surface area contributed by atoms with Gasteiger partial charge in [-0.25, -0.2) is 0 Å². The summed E-state index contributed by atoms with van der Waals surface area (Å²) < 4.78 is 11.4. The van der Waals surface area contributed by atoms with Gasteiger partial charge in [-0.3, -0.25) is 0 Å². The van der Waals surface area contributed by atoms with Gasteiger partial charge in [-0.1, -0.05) is 48.0 Å². The molecule has 106 valence electrons. The lowest BCUT2D eigenvalue weighted by atomic mass is 10.1. The lowest BCUT2D eigenvalue weighted by Gasteiger charge is -2.09. The minimum absolute atomic E-state index is 0.534. The Kier molecular flexibility index (Phi) is 4.06. The molecule has 21 heavy (non-hydrogen) atoms. The highest BCUT2D eigenvalue weighted by Gasteiger charge is 1.98. The Morgan fingerprint density at radius 3 is 2.05 bits per heavy atom. The van der Waals surface area contributed by atoms with Gasteiger partial charge in [-0.05, 0) is 42.0 Å². The fourth-order valence-corrected chi connectivity index (χ4v) is 2.21. The van der Waals surface area contributed by atoms with Crippen LogP contribution in [0, 0.1) is 6.92 Å². The fraction of sp³-hybridized carbons (Fsp3) is 0.158. The van der Waals surface area contributed by atoms with Crippen LogP contribution in [0.2, 0.25) is 0 Å².